The summed E-state index contributed by atoms with van der Waals surface area (Å²) >= 11 is 0. The lowest BCUT2D eigenvalue weighted by Crippen LogP contribution is -2.33. The summed E-state index contributed by atoms with van der Waals surface area (Å²) in [5, 5.41) is 0. The molecular weight excluding hydrogens is 416 g/mol. The minimum absolute atomic E-state index is 0.0134. The van der Waals surface area contributed by atoms with E-state index in [2.05, 4.69) is 49.6 Å². The minimum atomic E-state index is 0.0134. The number of rotatable bonds is 10. The van der Waals surface area contributed by atoms with Crippen molar-refractivity contribution in [1.82, 2.24) is 4.57 Å². The second kappa shape index (κ2) is 11.7. The average molecular weight is 455 g/mol. The SMILES string of the molecule is CCCCOc1ccc2c(c1)CCn1c-2c(C)c(OCCCC)cc1=NC[C@@H]1COCCO1. The third kappa shape index (κ3) is 5.79. The lowest BCUT2D eigenvalue weighted by Gasteiger charge is -2.27. The summed E-state index contributed by atoms with van der Waals surface area (Å²) < 4.78 is 25.9. The van der Waals surface area contributed by atoms with Crippen molar-refractivity contribution in [3.8, 4) is 22.8 Å². The Kier molecular flexibility index (Phi) is 8.46. The van der Waals surface area contributed by atoms with E-state index in [0.717, 1.165) is 68.8 Å². The molecule has 0 unspecified atom stereocenters. The number of unbranched alkanes of at least 4 members (excludes halogenated alkanes) is 2. The summed E-state index contributed by atoms with van der Waals surface area (Å²) in [6.45, 7) is 11.4. The van der Waals surface area contributed by atoms with Crippen LogP contribution in [-0.2, 0) is 22.4 Å². The fraction of sp³-hybridized carbons (Fsp3) is 0.593. The van der Waals surface area contributed by atoms with Crippen LogP contribution in [0.3, 0.4) is 0 Å². The Morgan fingerprint density at radius 2 is 1.88 bits per heavy atom. The third-order valence-electron chi connectivity index (χ3n) is 6.33. The maximum Gasteiger partial charge on any atom is 0.131 e. The zero-order chi connectivity index (χ0) is 23.0. The Bertz CT molecular complexity index is 992. The highest BCUT2D eigenvalue weighted by Gasteiger charge is 2.22. The van der Waals surface area contributed by atoms with Crippen LogP contribution in [0.5, 0.6) is 11.5 Å². The van der Waals surface area contributed by atoms with E-state index in [1.807, 2.05) is 0 Å². The van der Waals surface area contributed by atoms with Crippen molar-refractivity contribution >= 4 is 0 Å². The molecule has 0 bridgehead atoms. The number of pyridine rings is 1. The summed E-state index contributed by atoms with van der Waals surface area (Å²) in [6, 6.07) is 8.61. The van der Waals surface area contributed by atoms with Gasteiger partial charge in [0.05, 0.1) is 45.3 Å². The highest BCUT2D eigenvalue weighted by molar-refractivity contribution is 5.71. The molecule has 180 valence electrons. The second-order valence-corrected chi connectivity index (χ2v) is 8.87. The van der Waals surface area contributed by atoms with Crippen molar-refractivity contribution in [3.63, 3.8) is 0 Å². The predicted molar refractivity (Wildman–Crippen MR) is 130 cm³/mol. The van der Waals surface area contributed by atoms with Crippen LogP contribution in [-0.4, -0.2) is 50.3 Å². The zero-order valence-electron chi connectivity index (χ0n) is 20.4. The van der Waals surface area contributed by atoms with Crippen molar-refractivity contribution in [2.45, 2.75) is 65.5 Å². The molecule has 1 saturated heterocycles. The van der Waals surface area contributed by atoms with Crippen LogP contribution < -0.4 is 15.0 Å². The van der Waals surface area contributed by atoms with E-state index in [1.165, 1.54) is 22.4 Å². The Labute approximate surface area is 197 Å². The highest BCUT2D eigenvalue weighted by Crippen LogP contribution is 2.36. The number of benzene rings is 1. The van der Waals surface area contributed by atoms with Gasteiger partial charge in [-0.1, -0.05) is 26.7 Å². The van der Waals surface area contributed by atoms with E-state index in [4.69, 9.17) is 23.9 Å². The highest BCUT2D eigenvalue weighted by atomic mass is 16.6. The Balaban J connectivity index is 1.70. The molecule has 2 aliphatic heterocycles. The van der Waals surface area contributed by atoms with Gasteiger partial charge in [0.1, 0.15) is 23.1 Å². The maximum atomic E-state index is 6.23. The molecule has 6 nitrogen and oxygen atoms in total. The fourth-order valence-electron chi connectivity index (χ4n) is 4.42. The van der Waals surface area contributed by atoms with Gasteiger partial charge in [-0.25, -0.2) is 0 Å². The molecule has 0 N–H and O–H groups in total. The van der Waals surface area contributed by atoms with E-state index in [0.29, 0.717) is 26.4 Å². The van der Waals surface area contributed by atoms with E-state index in [-0.39, 0.29) is 6.10 Å². The molecule has 4 rings (SSSR count). The first-order valence-corrected chi connectivity index (χ1v) is 12.5. The van der Waals surface area contributed by atoms with Crippen LogP contribution in [0, 0.1) is 6.92 Å². The summed E-state index contributed by atoms with van der Waals surface area (Å²) in [5.74, 6) is 1.88. The van der Waals surface area contributed by atoms with Gasteiger partial charge < -0.3 is 23.5 Å². The molecule has 0 aliphatic carbocycles. The second-order valence-electron chi connectivity index (χ2n) is 8.87. The van der Waals surface area contributed by atoms with Gasteiger partial charge in [0.25, 0.3) is 0 Å². The van der Waals surface area contributed by atoms with Crippen molar-refractivity contribution < 1.29 is 18.9 Å². The average Bonchev–Trinajstić information content (AvgIpc) is 2.85. The Morgan fingerprint density at radius 3 is 2.64 bits per heavy atom. The number of fused-ring (bicyclic) bond motifs is 3. The van der Waals surface area contributed by atoms with Crippen molar-refractivity contribution in [3.05, 3.63) is 40.9 Å². The molecule has 0 amide bonds. The smallest absolute Gasteiger partial charge is 0.131 e. The van der Waals surface area contributed by atoms with Gasteiger partial charge in [0, 0.05) is 23.7 Å². The van der Waals surface area contributed by atoms with Gasteiger partial charge in [-0.3, -0.25) is 4.99 Å². The third-order valence-corrected chi connectivity index (χ3v) is 6.33. The predicted octanol–water partition coefficient (Wildman–Crippen LogP) is 4.69. The van der Waals surface area contributed by atoms with Crippen LogP contribution in [0.25, 0.3) is 11.3 Å². The molecule has 1 aromatic heterocycles. The van der Waals surface area contributed by atoms with Gasteiger partial charge in [-0.05, 0) is 49.9 Å². The molecule has 1 aromatic carbocycles. The molecule has 6 heteroatoms. The number of aromatic nitrogens is 1. The molecule has 0 saturated carbocycles. The van der Waals surface area contributed by atoms with E-state index in [9.17, 15) is 0 Å². The lowest BCUT2D eigenvalue weighted by atomic mass is 9.94. The molecule has 1 atom stereocenters. The van der Waals surface area contributed by atoms with Gasteiger partial charge >= 0.3 is 0 Å². The number of aryl methyl sites for hydroxylation is 1. The summed E-state index contributed by atoms with van der Waals surface area (Å²) in [4.78, 5) is 4.97. The summed E-state index contributed by atoms with van der Waals surface area (Å²) in [5.41, 5.74) is 5.89. The molecule has 33 heavy (non-hydrogen) atoms. The fourth-order valence-corrected chi connectivity index (χ4v) is 4.42. The maximum absolute atomic E-state index is 6.23. The van der Waals surface area contributed by atoms with E-state index >= 15 is 0 Å². The molecule has 0 radical (unpaired) electrons. The number of hydrogen-bond donors (Lipinski definition) is 0. The molecule has 3 heterocycles. The Hall–Kier alpha value is -2.31. The van der Waals surface area contributed by atoms with Crippen LogP contribution >= 0.6 is 0 Å². The van der Waals surface area contributed by atoms with Crippen LogP contribution in [0.15, 0.2) is 29.3 Å². The Morgan fingerprint density at radius 1 is 1.06 bits per heavy atom. The van der Waals surface area contributed by atoms with Gasteiger partial charge in [-0.15, -0.1) is 0 Å². The van der Waals surface area contributed by atoms with E-state index < -0.39 is 0 Å². The zero-order valence-corrected chi connectivity index (χ0v) is 20.4. The van der Waals surface area contributed by atoms with Gasteiger partial charge in [0.2, 0.25) is 0 Å². The van der Waals surface area contributed by atoms with Gasteiger partial charge in [0.15, 0.2) is 0 Å². The normalized spacial score (nSPS) is 18.0. The standard InChI is InChI=1S/C27H38N2O4/c1-4-6-12-31-22-8-9-24-21(16-22)10-11-29-26(28-18-23-19-30-14-15-32-23)17-25(20(3)27(24)29)33-13-7-5-2/h8-9,16-17,23H,4-7,10-15,18-19H2,1-3H3/t23-/m1/s1. The minimum Gasteiger partial charge on any atom is -0.494 e. The van der Waals surface area contributed by atoms with Crippen molar-refractivity contribution in [1.29, 1.82) is 0 Å². The first-order valence-electron chi connectivity index (χ1n) is 12.5. The largest absolute Gasteiger partial charge is 0.494 e. The number of nitrogens with zero attached hydrogens (tertiary/aromatic N) is 2. The summed E-state index contributed by atoms with van der Waals surface area (Å²) in [6.07, 6.45) is 5.34. The first-order chi connectivity index (χ1) is 16.2. The molecule has 2 aliphatic rings. The summed E-state index contributed by atoms with van der Waals surface area (Å²) in [7, 11) is 0. The van der Waals surface area contributed by atoms with E-state index in [1.54, 1.807) is 0 Å². The molecule has 1 fully saturated rings. The topological polar surface area (TPSA) is 54.2 Å². The van der Waals surface area contributed by atoms with Crippen LogP contribution in [0.4, 0.5) is 0 Å². The molecule has 2 aromatic rings. The lowest BCUT2D eigenvalue weighted by molar-refractivity contribution is -0.0835. The molecule has 0 spiro atoms. The quantitative estimate of drug-likeness (QED) is 0.489. The number of ether oxygens (including phenoxy) is 4. The van der Waals surface area contributed by atoms with Crippen LogP contribution in [0.1, 0.15) is 50.7 Å². The van der Waals surface area contributed by atoms with Crippen molar-refractivity contribution in [2.24, 2.45) is 4.99 Å². The van der Waals surface area contributed by atoms with Crippen molar-refractivity contribution in [2.75, 3.05) is 39.6 Å². The van der Waals surface area contributed by atoms with Crippen LogP contribution in [0.2, 0.25) is 0 Å². The monoisotopic (exact) mass is 454 g/mol. The first kappa shape index (κ1) is 23.8. The number of hydrogen-bond acceptors (Lipinski definition) is 5. The molecular formula is C27H38N2O4. The van der Waals surface area contributed by atoms with Gasteiger partial charge in [-0.2, -0.15) is 0 Å².